The number of hydrogen-bond acceptors (Lipinski definition) is 5. The molecule has 0 fully saturated rings. The zero-order valence-electron chi connectivity index (χ0n) is 11.5. The van der Waals surface area contributed by atoms with E-state index in [1.807, 2.05) is 24.4 Å². The lowest BCUT2D eigenvalue weighted by molar-refractivity contribution is -0.384. The molecule has 1 aromatic carbocycles. The molecule has 0 bridgehead atoms. The first-order valence-corrected chi connectivity index (χ1v) is 7.07. The number of nitro groups is 1. The standard InChI is InChI=1S/C14H14N2O4S/c1-9(13-4-3-7-21-13)15(2)12-8-10(14(17)18)5-6-11(12)16(19)20/h3-9H,1-2H3,(H,17,18). The number of nitro benzene ring substituents is 1. The highest BCUT2D eigenvalue weighted by atomic mass is 32.1. The van der Waals surface area contributed by atoms with Crippen LogP contribution in [0.15, 0.2) is 35.7 Å². The van der Waals surface area contributed by atoms with E-state index in [0.717, 1.165) is 4.88 Å². The number of hydrogen-bond donors (Lipinski definition) is 1. The van der Waals surface area contributed by atoms with Crippen LogP contribution in [0.4, 0.5) is 11.4 Å². The molecular weight excluding hydrogens is 292 g/mol. The Kier molecular flexibility index (Phi) is 4.23. The number of carbonyl (C=O) groups is 1. The molecule has 1 heterocycles. The zero-order valence-corrected chi connectivity index (χ0v) is 12.3. The lowest BCUT2D eigenvalue weighted by atomic mass is 10.1. The summed E-state index contributed by atoms with van der Waals surface area (Å²) < 4.78 is 0. The van der Waals surface area contributed by atoms with E-state index in [1.54, 1.807) is 23.3 Å². The highest BCUT2D eigenvalue weighted by Gasteiger charge is 2.23. The quantitative estimate of drug-likeness (QED) is 0.674. The van der Waals surface area contributed by atoms with Gasteiger partial charge in [-0.25, -0.2) is 4.79 Å². The average molecular weight is 306 g/mol. The number of benzene rings is 1. The molecule has 1 aromatic heterocycles. The monoisotopic (exact) mass is 306 g/mol. The number of carboxylic acids is 1. The van der Waals surface area contributed by atoms with Crippen LogP contribution in [0.2, 0.25) is 0 Å². The molecule has 1 N–H and O–H groups in total. The van der Waals surface area contributed by atoms with E-state index in [2.05, 4.69) is 0 Å². The number of rotatable bonds is 5. The van der Waals surface area contributed by atoms with Gasteiger partial charge in [0.1, 0.15) is 5.69 Å². The molecule has 0 spiro atoms. The maximum Gasteiger partial charge on any atom is 0.335 e. The first kappa shape index (κ1) is 15.0. The summed E-state index contributed by atoms with van der Waals surface area (Å²) >= 11 is 1.55. The number of thiophene rings is 1. The molecule has 0 saturated heterocycles. The second-order valence-electron chi connectivity index (χ2n) is 4.57. The van der Waals surface area contributed by atoms with Crippen LogP contribution in [0, 0.1) is 10.1 Å². The summed E-state index contributed by atoms with van der Waals surface area (Å²) in [4.78, 5) is 24.5. The number of nitrogens with zero attached hydrogens (tertiary/aromatic N) is 2. The summed E-state index contributed by atoms with van der Waals surface area (Å²) in [6.07, 6.45) is 0. The summed E-state index contributed by atoms with van der Waals surface area (Å²) in [5, 5.41) is 22.1. The molecule has 2 rings (SSSR count). The van der Waals surface area contributed by atoms with Crippen LogP contribution < -0.4 is 4.90 Å². The summed E-state index contributed by atoms with van der Waals surface area (Å²) in [7, 11) is 1.72. The predicted molar refractivity (Wildman–Crippen MR) is 81.2 cm³/mol. The molecule has 0 aliphatic carbocycles. The molecule has 0 amide bonds. The van der Waals surface area contributed by atoms with Gasteiger partial charge in [-0.05, 0) is 30.5 Å². The number of aromatic carboxylic acids is 1. The zero-order chi connectivity index (χ0) is 15.6. The Morgan fingerprint density at radius 1 is 1.43 bits per heavy atom. The van der Waals surface area contributed by atoms with Crippen molar-refractivity contribution in [3.8, 4) is 0 Å². The van der Waals surface area contributed by atoms with Gasteiger partial charge in [0.25, 0.3) is 5.69 Å². The Morgan fingerprint density at radius 2 is 2.14 bits per heavy atom. The molecule has 1 unspecified atom stereocenters. The summed E-state index contributed by atoms with van der Waals surface area (Å²) in [5.74, 6) is -1.11. The number of carboxylic acid groups (broad SMARTS) is 1. The molecule has 110 valence electrons. The van der Waals surface area contributed by atoms with Crippen LogP contribution in [-0.2, 0) is 0 Å². The van der Waals surface area contributed by atoms with Gasteiger partial charge in [0.15, 0.2) is 0 Å². The highest BCUT2D eigenvalue weighted by molar-refractivity contribution is 7.10. The van der Waals surface area contributed by atoms with E-state index in [1.165, 1.54) is 18.2 Å². The fourth-order valence-electron chi connectivity index (χ4n) is 2.02. The van der Waals surface area contributed by atoms with E-state index < -0.39 is 10.9 Å². The topological polar surface area (TPSA) is 83.7 Å². The molecule has 2 aromatic rings. The average Bonchev–Trinajstić information content (AvgIpc) is 2.99. The maximum absolute atomic E-state index is 11.2. The fourth-order valence-corrected chi connectivity index (χ4v) is 2.85. The third kappa shape index (κ3) is 3.03. The first-order valence-electron chi connectivity index (χ1n) is 6.19. The van der Waals surface area contributed by atoms with Gasteiger partial charge in [-0.15, -0.1) is 11.3 Å². The van der Waals surface area contributed by atoms with Crippen molar-refractivity contribution in [2.75, 3.05) is 11.9 Å². The van der Waals surface area contributed by atoms with Gasteiger partial charge in [-0.3, -0.25) is 10.1 Å². The van der Waals surface area contributed by atoms with Gasteiger partial charge in [0.2, 0.25) is 0 Å². The van der Waals surface area contributed by atoms with Crippen LogP contribution in [0.1, 0.15) is 28.2 Å². The van der Waals surface area contributed by atoms with Gasteiger partial charge in [-0.2, -0.15) is 0 Å². The van der Waals surface area contributed by atoms with Crippen LogP contribution in [0.25, 0.3) is 0 Å². The van der Waals surface area contributed by atoms with Crippen LogP contribution in [-0.4, -0.2) is 23.0 Å². The van der Waals surface area contributed by atoms with Crippen molar-refractivity contribution in [3.05, 3.63) is 56.3 Å². The van der Waals surface area contributed by atoms with Crippen LogP contribution in [0.5, 0.6) is 0 Å². The lowest BCUT2D eigenvalue weighted by Crippen LogP contribution is -2.22. The first-order chi connectivity index (χ1) is 9.91. The smallest absolute Gasteiger partial charge is 0.335 e. The van der Waals surface area contributed by atoms with Crippen LogP contribution >= 0.6 is 11.3 Å². The molecule has 0 aliphatic rings. The number of anilines is 1. The SMILES string of the molecule is CC(c1cccs1)N(C)c1cc(C(=O)O)ccc1[N+](=O)[O-]. The van der Waals surface area contributed by atoms with E-state index >= 15 is 0 Å². The summed E-state index contributed by atoms with van der Waals surface area (Å²) in [5.41, 5.74) is 0.215. The van der Waals surface area contributed by atoms with Gasteiger partial charge in [-0.1, -0.05) is 6.07 Å². The Bertz CT molecular complexity index is 670. The van der Waals surface area contributed by atoms with Crippen molar-refractivity contribution in [1.29, 1.82) is 0 Å². The van der Waals surface area contributed by atoms with E-state index in [4.69, 9.17) is 5.11 Å². The Morgan fingerprint density at radius 3 is 2.67 bits per heavy atom. The Balaban J connectivity index is 2.46. The van der Waals surface area contributed by atoms with Gasteiger partial charge in [0.05, 0.1) is 16.5 Å². The third-order valence-electron chi connectivity index (χ3n) is 3.33. The molecule has 6 nitrogen and oxygen atoms in total. The molecule has 21 heavy (non-hydrogen) atoms. The van der Waals surface area contributed by atoms with Crippen molar-refractivity contribution in [2.45, 2.75) is 13.0 Å². The Labute approximate surface area is 125 Å². The molecule has 1 atom stereocenters. The van der Waals surface area contributed by atoms with Gasteiger partial charge in [0, 0.05) is 18.0 Å². The summed E-state index contributed by atoms with van der Waals surface area (Å²) in [6, 6.07) is 7.58. The van der Waals surface area contributed by atoms with Crippen molar-refractivity contribution in [2.24, 2.45) is 0 Å². The lowest BCUT2D eigenvalue weighted by Gasteiger charge is -2.26. The van der Waals surface area contributed by atoms with E-state index in [0.29, 0.717) is 5.69 Å². The fraction of sp³-hybridized carbons (Fsp3) is 0.214. The molecule has 0 aliphatic heterocycles. The highest BCUT2D eigenvalue weighted by Crippen LogP contribution is 2.35. The second kappa shape index (κ2) is 5.92. The maximum atomic E-state index is 11.2. The minimum atomic E-state index is -1.11. The second-order valence-corrected chi connectivity index (χ2v) is 5.55. The van der Waals surface area contributed by atoms with Crippen molar-refractivity contribution in [3.63, 3.8) is 0 Å². The summed E-state index contributed by atoms with van der Waals surface area (Å²) in [6.45, 7) is 1.92. The largest absolute Gasteiger partial charge is 0.478 e. The Hall–Kier alpha value is -2.41. The molecular formula is C14H14N2O4S. The molecule has 0 saturated carbocycles. The third-order valence-corrected chi connectivity index (χ3v) is 4.38. The normalized spacial score (nSPS) is 11.9. The minimum absolute atomic E-state index is 0.0285. The predicted octanol–water partition coefficient (Wildman–Crippen LogP) is 3.55. The van der Waals surface area contributed by atoms with Crippen molar-refractivity contribution >= 4 is 28.7 Å². The molecule has 0 radical (unpaired) electrons. The minimum Gasteiger partial charge on any atom is -0.478 e. The van der Waals surface area contributed by atoms with Gasteiger partial charge >= 0.3 is 5.97 Å². The van der Waals surface area contributed by atoms with E-state index in [-0.39, 0.29) is 17.3 Å². The molecule has 7 heteroatoms. The van der Waals surface area contributed by atoms with Crippen molar-refractivity contribution < 1.29 is 14.8 Å². The van der Waals surface area contributed by atoms with Crippen molar-refractivity contribution in [1.82, 2.24) is 0 Å². The van der Waals surface area contributed by atoms with Crippen LogP contribution in [0.3, 0.4) is 0 Å². The van der Waals surface area contributed by atoms with Gasteiger partial charge < -0.3 is 10.0 Å². The van der Waals surface area contributed by atoms with E-state index in [9.17, 15) is 14.9 Å².